The van der Waals surface area contributed by atoms with Gasteiger partial charge in [0.15, 0.2) is 5.82 Å². The number of rotatable bonds is 5. The number of nitrogens with zero attached hydrogens (tertiary/aromatic N) is 4. The Labute approximate surface area is 123 Å². The first-order valence-electron chi connectivity index (χ1n) is 5.70. The van der Waals surface area contributed by atoms with Gasteiger partial charge in [0.2, 0.25) is 0 Å². The summed E-state index contributed by atoms with van der Waals surface area (Å²) in [6.07, 6.45) is 1.85. The van der Waals surface area contributed by atoms with Gasteiger partial charge < -0.3 is 0 Å². The quantitative estimate of drug-likeness (QED) is 0.757. The molecule has 1 heterocycles. The molecule has 0 saturated heterocycles. The SMILES string of the molecule is Cn1nnc(CC(CBr)Cc2ccc(Br)cc2)n1. The summed E-state index contributed by atoms with van der Waals surface area (Å²) in [5.41, 5.74) is 1.33. The first kappa shape index (κ1) is 13.7. The Kier molecular flexibility index (Phi) is 4.88. The Morgan fingerprint density at radius 3 is 2.50 bits per heavy atom. The second-order valence-corrected chi connectivity index (χ2v) is 5.81. The van der Waals surface area contributed by atoms with Gasteiger partial charge in [-0.2, -0.15) is 4.80 Å². The van der Waals surface area contributed by atoms with Crippen molar-refractivity contribution in [2.75, 3.05) is 5.33 Å². The van der Waals surface area contributed by atoms with E-state index >= 15 is 0 Å². The summed E-state index contributed by atoms with van der Waals surface area (Å²) < 4.78 is 1.11. The van der Waals surface area contributed by atoms with Gasteiger partial charge in [0.05, 0.1) is 7.05 Å². The molecule has 0 saturated carbocycles. The lowest BCUT2D eigenvalue weighted by Crippen LogP contribution is -2.11. The normalized spacial score (nSPS) is 12.6. The number of benzene rings is 1. The van der Waals surface area contributed by atoms with E-state index in [2.05, 4.69) is 71.5 Å². The van der Waals surface area contributed by atoms with Crippen LogP contribution in [0.15, 0.2) is 28.7 Å². The molecule has 96 valence electrons. The van der Waals surface area contributed by atoms with Crippen LogP contribution in [0.2, 0.25) is 0 Å². The molecule has 0 aliphatic heterocycles. The Morgan fingerprint density at radius 1 is 1.22 bits per heavy atom. The molecule has 1 aromatic carbocycles. The van der Waals surface area contributed by atoms with Crippen LogP contribution in [0.1, 0.15) is 11.4 Å². The molecule has 0 radical (unpaired) electrons. The zero-order valence-corrected chi connectivity index (χ0v) is 13.2. The lowest BCUT2D eigenvalue weighted by molar-refractivity contribution is 0.566. The fraction of sp³-hybridized carbons (Fsp3) is 0.417. The van der Waals surface area contributed by atoms with Crippen LogP contribution in [0.3, 0.4) is 0 Å². The van der Waals surface area contributed by atoms with Crippen molar-refractivity contribution in [2.24, 2.45) is 13.0 Å². The highest BCUT2D eigenvalue weighted by molar-refractivity contribution is 9.10. The summed E-state index contributed by atoms with van der Waals surface area (Å²) in [6, 6.07) is 8.43. The van der Waals surface area contributed by atoms with Gasteiger partial charge in [0, 0.05) is 16.2 Å². The van der Waals surface area contributed by atoms with E-state index in [4.69, 9.17) is 0 Å². The van der Waals surface area contributed by atoms with Crippen molar-refractivity contribution in [3.63, 3.8) is 0 Å². The standard InChI is InChI=1S/C12H14Br2N4/c1-18-16-12(15-17-18)7-10(8-13)6-9-2-4-11(14)5-3-9/h2-5,10H,6-8H2,1H3. The second kappa shape index (κ2) is 6.43. The van der Waals surface area contributed by atoms with E-state index < -0.39 is 0 Å². The number of halogens is 2. The van der Waals surface area contributed by atoms with Gasteiger partial charge in [0.25, 0.3) is 0 Å². The second-order valence-electron chi connectivity index (χ2n) is 4.25. The van der Waals surface area contributed by atoms with E-state index in [-0.39, 0.29) is 0 Å². The fourth-order valence-electron chi connectivity index (χ4n) is 1.80. The molecular formula is C12H14Br2N4. The first-order chi connectivity index (χ1) is 8.67. The van der Waals surface area contributed by atoms with Crippen LogP contribution in [0.4, 0.5) is 0 Å². The third-order valence-corrected chi connectivity index (χ3v) is 4.12. The summed E-state index contributed by atoms with van der Waals surface area (Å²) >= 11 is 7.01. The summed E-state index contributed by atoms with van der Waals surface area (Å²) in [6.45, 7) is 0. The third-order valence-electron chi connectivity index (χ3n) is 2.68. The maximum atomic E-state index is 4.22. The largest absolute Gasteiger partial charge is 0.175 e. The van der Waals surface area contributed by atoms with Gasteiger partial charge >= 0.3 is 0 Å². The van der Waals surface area contributed by atoms with Crippen molar-refractivity contribution < 1.29 is 0 Å². The lowest BCUT2D eigenvalue weighted by Gasteiger charge is -2.11. The van der Waals surface area contributed by atoms with Crippen LogP contribution in [0.5, 0.6) is 0 Å². The maximum absolute atomic E-state index is 4.22. The van der Waals surface area contributed by atoms with Crippen molar-refractivity contribution in [1.29, 1.82) is 0 Å². The van der Waals surface area contributed by atoms with Crippen molar-refractivity contribution in [1.82, 2.24) is 20.2 Å². The van der Waals surface area contributed by atoms with Crippen LogP contribution in [0, 0.1) is 5.92 Å². The topological polar surface area (TPSA) is 43.6 Å². The fourth-order valence-corrected chi connectivity index (χ4v) is 2.52. The zero-order valence-electron chi connectivity index (χ0n) is 10.1. The molecule has 0 aliphatic rings. The summed E-state index contributed by atoms with van der Waals surface area (Å²) in [4.78, 5) is 1.50. The third kappa shape index (κ3) is 3.88. The Hall–Kier alpha value is -0.750. The van der Waals surface area contributed by atoms with Crippen molar-refractivity contribution in [3.05, 3.63) is 40.1 Å². The minimum Gasteiger partial charge on any atom is -0.167 e. The molecule has 18 heavy (non-hydrogen) atoms. The van der Waals surface area contributed by atoms with Gasteiger partial charge in [-0.1, -0.05) is 44.0 Å². The van der Waals surface area contributed by atoms with Crippen molar-refractivity contribution in [2.45, 2.75) is 12.8 Å². The van der Waals surface area contributed by atoms with Crippen LogP contribution in [-0.4, -0.2) is 25.5 Å². The molecule has 2 aromatic rings. The van der Waals surface area contributed by atoms with E-state index in [0.29, 0.717) is 5.92 Å². The minimum atomic E-state index is 0.482. The van der Waals surface area contributed by atoms with E-state index in [1.54, 1.807) is 7.05 Å². The monoisotopic (exact) mass is 372 g/mol. The Balaban J connectivity index is 1.99. The predicted octanol–water partition coefficient (Wildman–Crippen LogP) is 2.77. The number of tetrazole rings is 1. The number of aryl methyl sites for hydroxylation is 1. The number of aromatic nitrogens is 4. The van der Waals surface area contributed by atoms with E-state index in [0.717, 1.165) is 28.5 Å². The molecule has 1 atom stereocenters. The highest BCUT2D eigenvalue weighted by Crippen LogP contribution is 2.17. The maximum Gasteiger partial charge on any atom is 0.175 e. The minimum absolute atomic E-state index is 0.482. The highest BCUT2D eigenvalue weighted by Gasteiger charge is 2.12. The Morgan fingerprint density at radius 2 is 1.94 bits per heavy atom. The molecule has 1 aromatic heterocycles. The van der Waals surface area contributed by atoms with Crippen molar-refractivity contribution >= 4 is 31.9 Å². The zero-order chi connectivity index (χ0) is 13.0. The van der Waals surface area contributed by atoms with Gasteiger partial charge in [-0.15, -0.1) is 10.2 Å². The Bertz CT molecular complexity index is 495. The molecule has 0 aliphatic carbocycles. The van der Waals surface area contributed by atoms with Gasteiger partial charge in [-0.25, -0.2) is 0 Å². The van der Waals surface area contributed by atoms with Crippen LogP contribution >= 0.6 is 31.9 Å². The number of hydrogen-bond acceptors (Lipinski definition) is 3. The molecule has 2 rings (SSSR count). The van der Waals surface area contributed by atoms with E-state index in [9.17, 15) is 0 Å². The van der Waals surface area contributed by atoms with Crippen molar-refractivity contribution in [3.8, 4) is 0 Å². The van der Waals surface area contributed by atoms with E-state index in [1.165, 1.54) is 10.4 Å². The lowest BCUT2D eigenvalue weighted by atomic mass is 9.98. The van der Waals surface area contributed by atoms with Crippen LogP contribution in [-0.2, 0) is 19.9 Å². The van der Waals surface area contributed by atoms with Gasteiger partial charge in [-0.3, -0.25) is 0 Å². The van der Waals surface area contributed by atoms with Gasteiger partial charge in [0.1, 0.15) is 0 Å². The number of hydrogen-bond donors (Lipinski definition) is 0. The average Bonchev–Trinajstić information content (AvgIpc) is 2.77. The summed E-state index contributed by atoms with van der Waals surface area (Å²) in [5.74, 6) is 1.29. The molecule has 0 amide bonds. The smallest absolute Gasteiger partial charge is 0.167 e. The summed E-state index contributed by atoms with van der Waals surface area (Å²) in [7, 11) is 1.79. The molecule has 0 bridgehead atoms. The van der Waals surface area contributed by atoms with E-state index in [1.807, 2.05) is 0 Å². The van der Waals surface area contributed by atoms with Crippen LogP contribution in [0.25, 0.3) is 0 Å². The predicted molar refractivity (Wildman–Crippen MR) is 77.6 cm³/mol. The average molecular weight is 374 g/mol. The molecule has 0 fully saturated rings. The molecule has 0 N–H and O–H groups in total. The van der Waals surface area contributed by atoms with Gasteiger partial charge in [-0.05, 0) is 35.2 Å². The molecule has 0 spiro atoms. The highest BCUT2D eigenvalue weighted by atomic mass is 79.9. The molecule has 6 heteroatoms. The molecule has 4 nitrogen and oxygen atoms in total. The first-order valence-corrected chi connectivity index (χ1v) is 7.62. The molecular weight excluding hydrogens is 360 g/mol. The number of alkyl halides is 1. The molecule has 1 unspecified atom stereocenters. The van der Waals surface area contributed by atoms with Crippen LogP contribution < -0.4 is 0 Å². The summed E-state index contributed by atoms with van der Waals surface area (Å²) in [5, 5.41) is 13.0.